The van der Waals surface area contributed by atoms with Crippen molar-refractivity contribution in [3.05, 3.63) is 33.9 Å². The monoisotopic (exact) mass is 236 g/mol. The number of rotatable bonds is 3. The Morgan fingerprint density at radius 1 is 1.59 bits per heavy atom. The minimum absolute atomic E-state index is 0.0687. The Morgan fingerprint density at radius 2 is 2.35 bits per heavy atom. The molecule has 9 nitrogen and oxygen atoms in total. The predicted molar refractivity (Wildman–Crippen MR) is 56.5 cm³/mol. The van der Waals surface area contributed by atoms with Crippen LogP contribution in [-0.4, -0.2) is 31.0 Å². The molecule has 0 radical (unpaired) electrons. The lowest BCUT2D eigenvalue weighted by atomic mass is 10.4. The Bertz CT molecular complexity index is 571. The molecule has 2 rings (SSSR count). The Balaban J connectivity index is 2.11. The second kappa shape index (κ2) is 4.04. The largest absolute Gasteiger partial charge is 0.351 e. The molecule has 2 aromatic rings. The van der Waals surface area contributed by atoms with Crippen molar-refractivity contribution in [3.63, 3.8) is 0 Å². The first-order valence-corrected chi connectivity index (χ1v) is 4.59. The topological polar surface area (TPSA) is 130 Å². The van der Waals surface area contributed by atoms with E-state index >= 15 is 0 Å². The number of carbonyl (C=O) groups excluding carboxylic acids is 1. The van der Waals surface area contributed by atoms with Crippen LogP contribution in [0, 0.1) is 17.0 Å². The number of aromatic nitrogens is 4. The lowest BCUT2D eigenvalue weighted by molar-refractivity contribution is -0.384. The Kier molecular flexibility index (Phi) is 2.57. The number of anilines is 1. The van der Waals surface area contributed by atoms with E-state index in [1.54, 1.807) is 6.92 Å². The zero-order valence-electron chi connectivity index (χ0n) is 8.72. The van der Waals surface area contributed by atoms with Gasteiger partial charge in [-0.3, -0.25) is 25.3 Å². The molecular formula is C8H8N6O3. The summed E-state index contributed by atoms with van der Waals surface area (Å²) in [6.07, 6.45) is 1.14. The van der Waals surface area contributed by atoms with Crippen molar-refractivity contribution < 1.29 is 9.72 Å². The van der Waals surface area contributed by atoms with E-state index in [1.165, 1.54) is 0 Å². The molecule has 2 aromatic heterocycles. The SMILES string of the molecule is Cc1nc(NC(=O)c2cc([N+](=O)[O-])c[nH]2)n[nH]1. The van der Waals surface area contributed by atoms with Crippen molar-refractivity contribution in [1.29, 1.82) is 0 Å². The molecule has 0 aliphatic rings. The van der Waals surface area contributed by atoms with Crippen LogP contribution in [-0.2, 0) is 0 Å². The predicted octanol–water partition coefficient (Wildman–Crippen LogP) is 0.602. The van der Waals surface area contributed by atoms with Crippen LogP contribution in [0.4, 0.5) is 11.6 Å². The maximum Gasteiger partial charge on any atom is 0.287 e. The summed E-state index contributed by atoms with van der Waals surface area (Å²) in [6.45, 7) is 1.68. The second-order valence-corrected chi connectivity index (χ2v) is 3.23. The molecule has 0 aliphatic carbocycles. The molecule has 9 heteroatoms. The molecule has 0 fully saturated rings. The fraction of sp³-hybridized carbons (Fsp3) is 0.125. The van der Waals surface area contributed by atoms with Gasteiger partial charge in [-0.2, -0.15) is 4.98 Å². The molecule has 0 bridgehead atoms. The van der Waals surface area contributed by atoms with Gasteiger partial charge in [-0.15, -0.1) is 5.10 Å². The zero-order valence-corrected chi connectivity index (χ0v) is 8.72. The number of H-pyrrole nitrogens is 2. The molecule has 0 aromatic carbocycles. The molecule has 0 spiro atoms. The highest BCUT2D eigenvalue weighted by atomic mass is 16.6. The molecule has 2 heterocycles. The fourth-order valence-electron chi connectivity index (χ4n) is 1.19. The molecule has 0 unspecified atom stereocenters. The van der Waals surface area contributed by atoms with E-state index in [1.807, 2.05) is 0 Å². The third kappa shape index (κ3) is 2.27. The highest BCUT2D eigenvalue weighted by Crippen LogP contribution is 2.12. The molecule has 0 saturated heterocycles. The van der Waals surface area contributed by atoms with E-state index in [4.69, 9.17) is 0 Å². The number of hydrogen-bond acceptors (Lipinski definition) is 5. The lowest BCUT2D eigenvalue weighted by Crippen LogP contribution is -2.13. The summed E-state index contributed by atoms with van der Waals surface area (Å²) >= 11 is 0. The normalized spacial score (nSPS) is 10.2. The van der Waals surface area contributed by atoms with Crippen LogP contribution in [0.2, 0.25) is 0 Å². The third-order valence-corrected chi connectivity index (χ3v) is 1.95. The first kappa shape index (κ1) is 10.8. The summed E-state index contributed by atoms with van der Waals surface area (Å²) in [6, 6.07) is 1.13. The van der Waals surface area contributed by atoms with Gasteiger partial charge in [-0.25, -0.2) is 0 Å². The standard InChI is InChI=1S/C8H8N6O3/c1-4-10-8(13-12-4)11-7(15)6-2-5(3-9-6)14(16)17/h2-3,9H,1H3,(H2,10,11,12,13,15). The molecular weight excluding hydrogens is 228 g/mol. The Labute approximate surface area is 94.4 Å². The van der Waals surface area contributed by atoms with E-state index in [9.17, 15) is 14.9 Å². The number of aryl methyl sites for hydroxylation is 1. The summed E-state index contributed by atoms with van der Waals surface area (Å²) in [5.41, 5.74) is -0.111. The van der Waals surface area contributed by atoms with Crippen molar-refractivity contribution in [2.24, 2.45) is 0 Å². The van der Waals surface area contributed by atoms with Crippen molar-refractivity contribution >= 4 is 17.5 Å². The zero-order chi connectivity index (χ0) is 12.4. The molecule has 17 heavy (non-hydrogen) atoms. The first-order chi connectivity index (χ1) is 8.06. The number of carbonyl (C=O) groups is 1. The van der Waals surface area contributed by atoms with Crippen LogP contribution in [0.1, 0.15) is 16.3 Å². The fourth-order valence-corrected chi connectivity index (χ4v) is 1.19. The number of nitro groups is 1. The molecule has 0 atom stereocenters. The lowest BCUT2D eigenvalue weighted by Gasteiger charge is -1.96. The minimum atomic E-state index is -0.593. The van der Waals surface area contributed by atoms with Gasteiger partial charge in [0, 0.05) is 6.07 Å². The molecule has 0 aliphatic heterocycles. The van der Waals surface area contributed by atoms with Crippen molar-refractivity contribution in [3.8, 4) is 0 Å². The third-order valence-electron chi connectivity index (χ3n) is 1.95. The first-order valence-electron chi connectivity index (χ1n) is 4.59. The Hall–Kier alpha value is -2.71. The van der Waals surface area contributed by atoms with E-state index in [0.29, 0.717) is 5.82 Å². The van der Waals surface area contributed by atoms with E-state index < -0.39 is 10.8 Å². The molecule has 3 N–H and O–H groups in total. The summed E-state index contributed by atoms with van der Waals surface area (Å²) < 4.78 is 0. The van der Waals surface area contributed by atoms with E-state index in [0.717, 1.165) is 12.3 Å². The average Bonchev–Trinajstić information content (AvgIpc) is 2.86. The smallest absolute Gasteiger partial charge is 0.287 e. The van der Waals surface area contributed by atoms with Gasteiger partial charge in [-0.05, 0) is 6.92 Å². The van der Waals surface area contributed by atoms with Crippen LogP contribution in [0.25, 0.3) is 0 Å². The summed E-state index contributed by atoms with van der Waals surface area (Å²) in [4.78, 5) is 27.8. The van der Waals surface area contributed by atoms with Crippen LogP contribution >= 0.6 is 0 Å². The van der Waals surface area contributed by atoms with Crippen LogP contribution < -0.4 is 5.32 Å². The number of hydrogen-bond donors (Lipinski definition) is 3. The Morgan fingerprint density at radius 3 is 2.88 bits per heavy atom. The number of amides is 1. The van der Waals surface area contributed by atoms with Gasteiger partial charge in [0.05, 0.1) is 11.1 Å². The quantitative estimate of drug-likeness (QED) is 0.530. The van der Waals surface area contributed by atoms with Gasteiger partial charge in [0.1, 0.15) is 11.5 Å². The van der Waals surface area contributed by atoms with Crippen molar-refractivity contribution in [2.75, 3.05) is 5.32 Å². The number of aromatic amines is 2. The van der Waals surface area contributed by atoms with Crippen LogP contribution in [0.3, 0.4) is 0 Å². The second-order valence-electron chi connectivity index (χ2n) is 3.23. The number of nitrogens with zero attached hydrogens (tertiary/aromatic N) is 3. The average molecular weight is 236 g/mol. The molecule has 1 amide bonds. The highest BCUT2D eigenvalue weighted by molar-refractivity contribution is 6.02. The van der Waals surface area contributed by atoms with Gasteiger partial charge in [0.2, 0.25) is 5.95 Å². The van der Waals surface area contributed by atoms with Gasteiger partial charge < -0.3 is 4.98 Å². The van der Waals surface area contributed by atoms with Crippen molar-refractivity contribution in [2.45, 2.75) is 6.92 Å². The van der Waals surface area contributed by atoms with Crippen LogP contribution in [0.5, 0.6) is 0 Å². The maximum absolute atomic E-state index is 11.6. The van der Waals surface area contributed by atoms with Gasteiger partial charge in [0.15, 0.2) is 0 Å². The molecule has 88 valence electrons. The maximum atomic E-state index is 11.6. The van der Waals surface area contributed by atoms with Gasteiger partial charge in [0.25, 0.3) is 11.6 Å². The summed E-state index contributed by atoms with van der Waals surface area (Å²) in [5, 5.41) is 19.1. The summed E-state index contributed by atoms with van der Waals surface area (Å²) in [7, 11) is 0. The van der Waals surface area contributed by atoms with Gasteiger partial charge in [-0.1, -0.05) is 0 Å². The van der Waals surface area contributed by atoms with Crippen molar-refractivity contribution in [1.82, 2.24) is 20.2 Å². The van der Waals surface area contributed by atoms with Gasteiger partial charge >= 0.3 is 0 Å². The molecule has 0 saturated carbocycles. The van der Waals surface area contributed by atoms with E-state index in [-0.39, 0.29) is 17.3 Å². The van der Waals surface area contributed by atoms with E-state index in [2.05, 4.69) is 25.5 Å². The number of nitrogens with one attached hydrogen (secondary N) is 3. The minimum Gasteiger partial charge on any atom is -0.351 e. The summed E-state index contributed by atoms with van der Waals surface area (Å²) in [5.74, 6) is 0.125. The van der Waals surface area contributed by atoms with Crippen LogP contribution in [0.15, 0.2) is 12.3 Å². The highest BCUT2D eigenvalue weighted by Gasteiger charge is 2.15.